The molecule has 1 aromatic heterocycles. The van der Waals surface area contributed by atoms with Crippen LogP contribution in [0.15, 0.2) is 35.5 Å². The van der Waals surface area contributed by atoms with Crippen LogP contribution in [-0.2, 0) is 0 Å². The van der Waals surface area contributed by atoms with Crippen LogP contribution in [0.4, 0.5) is 0 Å². The fourth-order valence-corrected chi connectivity index (χ4v) is 2.89. The van der Waals surface area contributed by atoms with Gasteiger partial charge in [0.05, 0.1) is 17.2 Å². The van der Waals surface area contributed by atoms with E-state index in [9.17, 15) is 4.79 Å². The van der Waals surface area contributed by atoms with Crippen LogP contribution >= 0.6 is 0 Å². The molecule has 1 saturated heterocycles. The number of piperidine rings is 1. The number of hydrogen-bond acceptors (Lipinski definition) is 5. The van der Waals surface area contributed by atoms with Crippen molar-refractivity contribution in [2.75, 3.05) is 13.1 Å². The smallest absolute Gasteiger partial charge is 0.261 e. The topological polar surface area (TPSA) is 96.8 Å². The molecule has 0 spiro atoms. The maximum absolute atomic E-state index is 12.7. The number of fused-ring (bicyclic) bond motifs is 1. The highest BCUT2D eigenvalue weighted by Crippen LogP contribution is 2.19. The molecule has 1 fully saturated rings. The Morgan fingerprint density at radius 3 is 2.86 bits per heavy atom. The van der Waals surface area contributed by atoms with E-state index in [0.717, 1.165) is 31.5 Å². The summed E-state index contributed by atoms with van der Waals surface area (Å²) >= 11 is 0. The molecule has 4 N–H and O–H groups in total. The number of nitrogens with two attached hydrogens (primary N) is 1. The molecule has 3 rings (SSSR count). The Labute approximate surface area is 128 Å². The monoisotopic (exact) mass is 297 g/mol. The van der Waals surface area contributed by atoms with Gasteiger partial charge in [-0.2, -0.15) is 0 Å². The summed E-state index contributed by atoms with van der Waals surface area (Å²) in [5.41, 5.74) is 7.53. The lowest BCUT2D eigenvalue weighted by Gasteiger charge is -2.24. The number of aromatic nitrogens is 2. The highest BCUT2D eigenvalue weighted by Gasteiger charge is 2.17. The number of allylic oxidation sites excluding steroid dienone is 1. The second-order valence-electron chi connectivity index (χ2n) is 5.44. The van der Waals surface area contributed by atoms with Crippen molar-refractivity contribution in [2.24, 2.45) is 5.73 Å². The fourth-order valence-electron chi connectivity index (χ4n) is 2.89. The normalized spacial score (nSPS) is 16.8. The van der Waals surface area contributed by atoms with E-state index in [2.05, 4.69) is 10.3 Å². The molecule has 0 bridgehead atoms. The van der Waals surface area contributed by atoms with E-state index in [1.54, 1.807) is 23.0 Å². The molecule has 22 heavy (non-hydrogen) atoms. The molecule has 6 heteroatoms. The Bertz CT molecular complexity index is 787. The number of benzene rings is 1. The SMILES string of the molecule is N=C/C(=C\N)c1ccc2c(=O)n(C3CCNCC3)cnc2c1. The molecule has 2 aromatic rings. The quantitative estimate of drug-likeness (QED) is 0.743. The summed E-state index contributed by atoms with van der Waals surface area (Å²) in [6.07, 6.45) is 6.10. The third kappa shape index (κ3) is 2.53. The molecule has 0 radical (unpaired) electrons. The van der Waals surface area contributed by atoms with Crippen molar-refractivity contribution in [2.45, 2.75) is 18.9 Å². The van der Waals surface area contributed by atoms with Crippen LogP contribution in [0.5, 0.6) is 0 Å². The van der Waals surface area contributed by atoms with Gasteiger partial charge in [0.2, 0.25) is 0 Å². The van der Waals surface area contributed by atoms with Gasteiger partial charge in [0.25, 0.3) is 5.56 Å². The minimum atomic E-state index is -0.00317. The van der Waals surface area contributed by atoms with E-state index in [-0.39, 0.29) is 11.6 Å². The van der Waals surface area contributed by atoms with Crippen LogP contribution < -0.4 is 16.6 Å². The van der Waals surface area contributed by atoms with Gasteiger partial charge in [-0.25, -0.2) is 4.98 Å². The van der Waals surface area contributed by atoms with Crippen LogP contribution in [0.25, 0.3) is 16.5 Å². The summed E-state index contributed by atoms with van der Waals surface area (Å²) in [6.45, 7) is 1.86. The Morgan fingerprint density at radius 2 is 2.18 bits per heavy atom. The highest BCUT2D eigenvalue weighted by molar-refractivity contribution is 6.09. The number of nitrogens with one attached hydrogen (secondary N) is 2. The third-order valence-corrected chi connectivity index (χ3v) is 4.15. The first-order valence-corrected chi connectivity index (χ1v) is 7.39. The first-order valence-electron chi connectivity index (χ1n) is 7.39. The number of rotatable bonds is 3. The lowest BCUT2D eigenvalue weighted by Crippen LogP contribution is -2.34. The molecule has 1 aliphatic heterocycles. The van der Waals surface area contributed by atoms with E-state index in [1.807, 2.05) is 6.07 Å². The summed E-state index contributed by atoms with van der Waals surface area (Å²) in [5, 5.41) is 11.3. The van der Waals surface area contributed by atoms with Crippen LogP contribution in [-0.4, -0.2) is 28.9 Å². The van der Waals surface area contributed by atoms with E-state index in [0.29, 0.717) is 16.5 Å². The van der Waals surface area contributed by atoms with Crippen molar-refractivity contribution in [1.82, 2.24) is 14.9 Å². The molecular weight excluding hydrogens is 278 g/mol. The van der Waals surface area contributed by atoms with Crippen molar-refractivity contribution < 1.29 is 0 Å². The Morgan fingerprint density at radius 1 is 1.41 bits per heavy atom. The summed E-state index contributed by atoms with van der Waals surface area (Å²) < 4.78 is 1.75. The third-order valence-electron chi connectivity index (χ3n) is 4.15. The average molecular weight is 297 g/mol. The van der Waals surface area contributed by atoms with Gasteiger partial charge in [0.15, 0.2) is 0 Å². The minimum absolute atomic E-state index is 0.00317. The molecule has 0 atom stereocenters. The molecule has 0 aliphatic carbocycles. The van der Waals surface area contributed by atoms with Gasteiger partial charge in [-0.15, -0.1) is 0 Å². The number of nitrogens with zero attached hydrogens (tertiary/aromatic N) is 2. The van der Waals surface area contributed by atoms with Gasteiger partial charge in [0, 0.05) is 24.0 Å². The van der Waals surface area contributed by atoms with Crippen molar-refractivity contribution in [1.29, 1.82) is 5.41 Å². The molecule has 0 amide bonds. The second kappa shape index (κ2) is 6.11. The van der Waals surface area contributed by atoms with Gasteiger partial charge in [-0.05, 0) is 43.6 Å². The van der Waals surface area contributed by atoms with Gasteiger partial charge >= 0.3 is 0 Å². The molecule has 0 unspecified atom stereocenters. The minimum Gasteiger partial charge on any atom is -0.404 e. The van der Waals surface area contributed by atoms with Crippen molar-refractivity contribution in [3.8, 4) is 0 Å². The van der Waals surface area contributed by atoms with E-state index >= 15 is 0 Å². The van der Waals surface area contributed by atoms with Gasteiger partial charge < -0.3 is 16.5 Å². The molecule has 2 heterocycles. The van der Waals surface area contributed by atoms with Crippen LogP contribution in [0.2, 0.25) is 0 Å². The first-order chi connectivity index (χ1) is 10.7. The fraction of sp³-hybridized carbons (Fsp3) is 0.312. The molecule has 1 aromatic carbocycles. The van der Waals surface area contributed by atoms with Gasteiger partial charge in [-0.3, -0.25) is 9.36 Å². The highest BCUT2D eigenvalue weighted by atomic mass is 16.1. The maximum atomic E-state index is 12.7. The van der Waals surface area contributed by atoms with Crippen molar-refractivity contribution in [3.63, 3.8) is 0 Å². The lowest BCUT2D eigenvalue weighted by molar-refractivity contribution is 0.359. The second-order valence-corrected chi connectivity index (χ2v) is 5.44. The summed E-state index contributed by atoms with van der Waals surface area (Å²) in [4.78, 5) is 17.1. The van der Waals surface area contributed by atoms with Gasteiger partial charge in [0.1, 0.15) is 0 Å². The lowest BCUT2D eigenvalue weighted by atomic mass is 10.0. The summed E-state index contributed by atoms with van der Waals surface area (Å²) in [7, 11) is 0. The zero-order chi connectivity index (χ0) is 15.5. The zero-order valence-corrected chi connectivity index (χ0v) is 12.2. The Hall–Kier alpha value is -2.47. The largest absolute Gasteiger partial charge is 0.404 e. The van der Waals surface area contributed by atoms with Crippen LogP contribution in [0, 0.1) is 5.41 Å². The predicted octanol–water partition coefficient (Wildman–Crippen LogP) is 1.27. The summed E-state index contributed by atoms with van der Waals surface area (Å²) in [6, 6.07) is 5.59. The predicted molar refractivity (Wildman–Crippen MR) is 88.1 cm³/mol. The first kappa shape index (κ1) is 14.5. The van der Waals surface area contributed by atoms with Crippen LogP contribution in [0.1, 0.15) is 24.4 Å². The summed E-state index contributed by atoms with van der Waals surface area (Å²) in [5.74, 6) is 0. The molecular formula is C16H19N5O. The Balaban J connectivity index is 2.07. The average Bonchev–Trinajstić information content (AvgIpc) is 2.57. The van der Waals surface area contributed by atoms with Crippen molar-refractivity contribution in [3.05, 3.63) is 46.6 Å². The van der Waals surface area contributed by atoms with E-state index in [4.69, 9.17) is 11.1 Å². The zero-order valence-electron chi connectivity index (χ0n) is 12.2. The van der Waals surface area contributed by atoms with E-state index < -0.39 is 0 Å². The van der Waals surface area contributed by atoms with Crippen molar-refractivity contribution >= 4 is 22.7 Å². The molecule has 1 aliphatic rings. The van der Waals surface area contributed by atoms with E-state index in [1.165, 1.54) is 12.4 Å². The number of hydrogen-bond donors (Lipinski definition) is 3. The molecule has 114 valence electrons. The molecule has 6 nitrogen and oxygen atoms in total. The van der Waals surface area contributed by atoms with Gasteiger partial charge in [-0.1, -0.05) is 6.07 Å². The molecule has 0 saturated carbocycles. The Kier molecular flexibility index (Phi) is 4.02. The van der Waals surface area contributed by atoms with Crippen LogP contribution in [0.3, 0.4) is 0 Å². The maximum Gasteiger partial charge on any atom is 0.261 e. The standard InChI is InChI=1S/C16H19N5O/c17-8-12(9-18)11-1-2-14-15(7-11)20-10-21(16(14)22)13-3-5-19-6-4-13/h1-2,7-10,13,17,19H,3-6,18H2/b12-9+,17-8?.